The monoisotopic (exact) mass is 644 g/mol. The Morgan fingerprint density at radius 1 is 1.18 bits per heavy atom. The average Bonchev–Trinajstić information content (AvgIpc) is 3.15. The number of para-hydroxylation sites is 2. The van der Waals surface area contributed by atoms with Crippen LogP contribution in [0.3, 0.4) is 0 Å². The number of carbonyl (C=O) groups is 2. The number of benzene rings is 1. The maximum atomic E-state index is 15.9. The zero-order valence-corrected chi connectivity index (χ0v) is 26.2. The third kappa shape index (κ3) is 7.93. The van der Waals surface area contributed by atoms with Crippen molar-refractivity contribution in [2.24, 2.45) is 0 Å². The lowest BCUT2D eigenvalue weighted by atomic mass is 9.98. The van der Waals surface area contributed by atoms with Gasteiger partial charge in [0, 0.05) is 12.3 Å². The van der Waals surface area contributed by atoms with Gasteiger partial charge < -0.3 is 28.9 Å². The minimum atomic E-state index is -3.41. The van der Waals surface area contributed by atoms with Gasteiger partial charge in [-0.1, -0.05) is 12.1 Å². The number of rotatable bonds is 13. The number of alkyl halides is 1. The van der Waals surface area contributed by atoms with Gasteiger partial charge in [0.1, 0.15) is 24.0 Å². The number of aliphatic hydroxyl groups excluding tert-OH is 1. The number of esters is 2. The molecule has 44 heavy (non-hydrogen) atoms. The second-order valence-electron chi connectivity index (χ2n) is 10.9. The Hall–Kier alpha value is -3.56. The Morgan fingerprint density at radius 2 is 1.84 bits per heavy atom. The van der Waals surface area contributed by atoms with Gasteiger partial charge in [0.25, 0.3) is 13.7 Å². The maximum absolute atomic E-state index is 15.9. The molecule has 1 aliphatic rings. The highest BCUT2D eigenvalue weighted by atomic mass is 31.1. The second-order valence-corrected chi connectivity index (χ2v) is 12.2. The number of anilines is 1. The van der Waals surface area contributed by atoms with Crippen LogP contribution in [0.1, 0.15) is 33.9 Å². The largest absolute Gasteiger partial charge is 0.506 e. The van der Waals surface area contributed by atoms with Crippen molar-refractivity contribution < 1.29 is 47.5 Å². The first kappa shape index (κ1) is 34.9. The summed E-state index contributed by atoms with van der Waals surface area (Å²) in [6.07, 6.45) is -4.62. The summed E-state index contributed by atoms with van der Waals surface area (Å²) in [5.74, 6) is -1.76. The first-order chi connectivity index (χ1) is 20.6. The third-order valence-electron chi connectivity index (χ3n) is 6.65. The Bertz CT molecular complexity index is 1480. The van der Waals surface area contributed by atoms with Crippen LogP contribution in [0.4, 0.5) is 10.1 Å². The van der Waals surface area contributed by atoms with Gasteiger partial charge in [-0.25, -0.2) is 18.5 Å². The minimum Gasteiger partial charge on any atom is -0.506 e. The number of phenols is 1. The normalized spacial score (nSPS) is 23.0. The predicted molar refractivity (Wildman–Crippen MR) is 155 cm³/mol. The molecule has 2 aromatic rings. The standard InChI is InChI=1S/C27H38FN4O11P/c1-16(2)42-24(37)17(3)32(18-9-7-8-10-19(18)33)44(39)41-14-20-23(36)27(4,28)25(43-20)30-12-11-21(34)31(26(30)38)15-40-22(35)13-29(5)6/h7-12,16-17,20,23,25,33,36,44H,13-15H2,1-6H3/t17-,20+,23+,25+,27+/m0/s1. The van der Waals surface area contributed by atoms with Crippen LogP contribution in [0.25, 0.3) is 0 Å². The smallest absolute Gasteiger partial charge is 0.336 e. The number of likely N-dealkylation sites (N-methyl/N-ethyl adjacent to an activating group) is 1. The number of aromatic nitrogens is 2. The Balaban J connectivity index is 1.82. The van der Waals surface area contributed by atoms with Gasteiger partial charge in [0.05, 0.1) is 24.9 Å². The van der Waals surface area contributed by atoms with Crippen molar-refractivity contribution in [3.63, 3.8) is 0 Å². The molecule has 244 valence electrons. The Kier molecular flexibility index (Phi) is 11.5. The maximum Gasteiger partial charge on any atom is 0.336 e. The summed E-state index contributed by atoms with van der Waals surface area (Å²) in [6.45, 7) is 4.14. The van der Waals surface area contributed by atoms with Crippen LogP contribution in [-0.2, 0) is 39.6 Å². The van der Waals surface area contributed by atoms with E-state index in [1.807, 2.05) is 0 Å². The van der Waals surface area contributed by atoms with Gasteiger partial charge in [0.15, 0.2) is 18.6 Å². The zero-order valence-electron chi connectivity index (χ0n) is 25.2. The van der Waals surface area contributed by atoms with Gasteiger partial charge in [-0.05, 0) is 53.9 Å². The SMILES string of the molecule is CC(C)OC(=O)[C@H](C)N(c1ccccc1O)[PH](=O)OC[C@H]1O[C@@H](n2ccc(=O)n(COC(=O)CN(C)C)c2=O)[C@](C)(F)[C@@H]1O. The first-order valence-corrected chi connectivity index (χ1v) is 14.9. The van der Waals surface area contributed by atoms with Gasteiger partial charge >= 0.3 is 17.6 Å². The second kappa shape index (κ2) is 14.5. The fourth-order valence-electron chi connectivity index (χ4n) is 4.41. The molecule has 1 fully saturated rings. The highest BCUT2D eigenvalue weighted by Gasteiger charge is 2.55. The number of hydrogen-bond acceptors (Lipinski definition) is 12. The van der Waals surface area contributed by atoms with Crippen LogP contribution < -0.4 is 15.9 Å². The summed E-state index contributed by atoms with van der Waals surface area (Å²) < 4.78 is 53.0. The number of nitrogens with zero attached hydrogens (tertiary/aromatic N) is 4. The van der Waals surface area contributed by atoms with E-state index in [-0.39, 0.29) is 18.0 Å². The van der Waals surface area contributed by atoms with Gasteiger partial charge in [-0.15, -0.1) is 0 Å². The van der Waals surface area contributed by atoms with E-state index in [1.165, 1.54) is 30.0 Å². The lowest BCUT2D eigenvalue weighted by Crippen LogP contribution is -2.46. The van der Waals surface area contributed by atoms with Crippen molar-refractivity contribution in [3.05, 3.63) is 57.4 Å². The number of aliphatic hydroxyl groups is 1. The van der Waals surface area contributed by atoms with Crippen LogP contribution in [-0.4, -0.2) is 93.5 Å². The summed E-state index contributed by atoms with van der Waals surface area (Å²) in [5.41, 5.74) is -4.50. The third-order valence-corrected chi connectivity index (χ3v) is 8.09. The van der Waals surface area contributed by atoms with Crippen LogP contribution in [0.15, 0.2) is 46.1 Å². The predicted octanol–water partition coefficient (Wildman–Crippen LogP) is 1.02. The van der Waals surface area contributed by atoms with E-state index in [0.29, 0.717) is 4.57 Å². The molecule has 17 heteroatoms. The van der Waals surface area contributed by atoms with E-state index in [1.54, 1.807) is 34.0 Å². The molecule has 1 unspecified atom stereocenters. The number of phenolic OH excluding ortho intramolecular Hbond substituents is 1. The van der Waals surface area contributed by atoms with Crippen molar-refractivity contribution >= 4 is 25.8 Å². The molecule has 3 rings (SSSR count). The van der Waals surface area contributed by atoms with Crippen molar-refractivity contribution in [2.75, 3.05) is 31.9 Å². The molecule has 2 heterocycles. The van der Waals surface area contributed by atoms with E-state index in [2.05, 4.69) is 0 Å². The minimum absolute atomic E-state index is 0.00535. The molecule has 1 saturated heterocycles. The molecule has 0 bridgehead atoms. The molecule has 1 aliphatic heterocycles. The zero-order chi connectivity index (χ0) is 32.9. The Labute approximate surface area is 253 Å². The topological polar surface area (TPSA) is 179 Å². The highest BCUT2D eigenvalue weighted by molar-refractivity contribution is 7.41. The van der Waals surface area contributed by atoms with E-state index in [9.17, 15) is 34.0 Å². The molecule has 0 spiro atoms. The van der Waals surface area contributed by atoms with E-state index < -0.39 is 81.0 Å². The quantitative estimate of drug-likeness (QED) is 0.233. The number of aromatic hydroxyl groups is 1. The molecule has 0 radical (unpaired) electrons. The first-order valence-electron chi connectivity index (χ1n) is 13.7. The molecular weight excluding hydrogens is 606 g/mol. The van der Waals surface area contributed by atoms with Gasteiger partial charge in [-0.3, -0.25) is 28.3 Å². The molecule has 0 amide bonds. The number of halogens is 1. The van der Waals surface area contributed by atoms with Crippen LogP contribution >= 0.6 is 8.18 Å². The number of ether oxygens (including phenoxy) is 3. The summed E-state index contributed by atoms with van der Waals surface area (Å²) in [5, 5.41) is 21.2. The molecule has 2 N–H and O–H groups in total. The fraction of sp³-hybridized carbons (Fsp3) is 0.556. The van der Waals surface area contributed by atoms with Gasteiger partial charge in [0.2, 0.25) is 0 Å². The highest BCUT2D eigenvalue weighted by Crippen LogP contribution is 2.44. The van der Waals surface area contributed by atoms with Crippen molar-refractivity contribution in [1.82, 2.24) is 14.0 Å². The van der Waals surface area contributed by atoms with E-state index in [4.69, 9.17) is 18.7 Å². The molecular formula is C27H38FN4O11P. The Morgan fingerprint density at radius 3 is 2.45 bits per heavy atom. The van der Waals surface area contributed by atoms with Crippen molar-refractivity contribution in [3.8, 4) is 5.75 Å². The molecule has 0 aliphatic carbocycles. The van der Waals surface area contributed by atoms with Crippen LogP contribution in [0.5, 0.6) is 5.75 Å². The van der Waals surface area contributed by atoms with E-state index >= 15 is 4.39 Å². The van der Waals surface area contributed by atoms with Crippen LogP contribution in [0.2, 0.25) is 0 Å². The molecule has 1 aromatic carbocycles. The molecule has 1 aromatic heterocycles. The van der Waals surface area contributed by atoms with E-state index in [0.717, 1.165) is 28.4 Å². The summed E-state index contributed by atoms with van der Waals surface area (Å²) in [4.78, 5) is 51.5. The van der Waals surface area contributed by atoms with Crippen molar-refractivity contribution in [2.45, 2.75) is 70.7 Å². The van der Waals surface area contributed by atoms with Crippen LogP contribution in [0, 0.1) is 0 Å². The number of carbonyl (C=O) groups excluding carboxylic acids is 2. The molecule has 6 atom stereocenters. The summed E-state index contributed by atoms with van der Waals surface area (Å²) >= 11 is 0. The summed E-state index contributed by atoms with van der Waals surface area (Å²) in [7, 11) is -0.170. The summed E-state index contributed by atoms with van der Waals surface area (Å²) in [6, 6.07) is 5.56. The lowest BCUT2D eigenvalue weighted by Gasteiger charge is -2.30. The molecule has 15 nitrogen and oxygen atoms in total. The molecule has 0 saturated carbocycles. The number of hydrogen-bond donors (Lipinski definition) is 2. The van der Waals surface area contributed by atoms with Crippen molar-refractivity contribution in [1.29, 1.82) is 0 Å². The van der Waals surface area contributed by atoms with Gasteiger partial charge in [-0.2, -0.15) is 0 Å². The fourth-order valence-corrected chi connectivity index (χ4v) is 5.67. The average molecular weight is 645 g/mol. The lowest BCUT2D eigenvalue weighted by molar-refractivity contribution is -0.149.